The number of nitrogen functional groups attached to an aromatic ring is 1. The van der Waals surface area contributed by atoms with E-state index in [1.54, 1.807) is 6.20 Å². The number of hydrogen-bond donors (Lipinski definition) is 2. The second-order valence-electron chi connectivity index (χ2n) is 4.77. The number of aromatic nitrogens is 1. The molecule has 3 nitrogen and oxygen atoms in total. The third kappa shape index (κ3) is 1.88. The maximum absolute atomic E-state index is 10.7. The van der Waals surface area contributed by atoms with Crippen LogP contribution in [-0.4, -0.2) is 10.1 Å². The fourth-order valence-electron chi connectivity index (χ4n) is 2.44. The van der Waals surface area contributed by atoms with Crippen molar-refractivity contribution in [3.63, 3.8) is 0 Å². The van der Waals surface area contributed by atoms with Crippen LogP contribution in [0.2, 0.25) is 0 Å². The Labute approximate surface area is 94.3 Å². The van der Waals surface area contributed by atoms with E-state index in [2.05, 4.69) is 18.8 Å². The zero-order valence-corrected chi connectivity index (χ0v) is 10.0. The predicted octanol–water partition coefficient (Wildman–Crippen LogP) is 2.37. The van der Waals surface area contributed by atoms with Crippen LogP contribution in [0.1, 0.15) is 38.0 Å². The van der Waals surface area contributed by atoms with Crippen molar-refractivity contribution < 1.29 is 5.11 Å². The molecule has 4 heteroatoms. The minimum Gasteiger partial charge on any atom is -0.384 e. The number of aliphatic hydroxyl groups is 1. The first-order valence-electron chi connectivity index (χ1n) is 5.46. The molecule has 1 heterocycles. The van der Waals surface area contributed by atoms with Gasteiger partial charge in [0.05, 0.1) is 4.88 Å². The van der Waals surface area contributed by atoms with E-state index in [1.165, 1.54) is 17.8 Å². The minimum atomic E-state index is -0.701. The summed E-state index contributed by atoms with van der Waals surface area (Å²) in [6.07, 6.45) is 4.84. The van der Waals surface area contributed by atoms with E-state index in [1.807, 2.05) is 0 Å². The molecule has 1 aromatic heterocycles. The van der Waals surface area contributed by atoms with E-state index in [-0.39, 0.29) is 0 Å². The van der Waals surface area contributed by atoms with Crippen LogP contribution in [0.3, 0.4) is 0 Å². The normalized spacial score (nSPS) is 36.7. The molecule has 1 aromatic rings. The SMILES string of the molecule is CC1CCC(C)C(O)(c2cnc(N)s2)C1. The first-order valence-corrected chi connectivity index (χ1v) is 6.28. The van der Waals surface area contributed by atoms with Crippen LogP contribution in [0.25, 0.3) is 0 Å². The smallest absolute Gasteiger partial charge is 0.180 e. The highest BCUT2D eigenvalue weighted by atomic mass is 32.1. The molecule has 3 N–H and O–H groups in total. The van der Waals surface area contributed by atoms with E-state index in [0.717, 1.165) is 17.7 Å². The van der Waals surface area contributed by atoms with Gasteiger partial charge in [0.15, 0.2) is 5.13 Å². The van der Waals surface area contributed by atoms with Crippen molar-refractivity contribution in [2.75, 3.05) is 5.73 Å². The Morgan fingerprint density at radius 2 is 2.27 bits per heavy atom. The lowest BCUT2D eigenvalue weighted by Gasteiger charge is -2.40. The maximum Gasteiger partial charge on any atom is 0.180 e. The Hall–Kier alpha value is -0.610. The van der Waals surface area contributed by atoms with E-state index < -0.39 is 5.60 Å². The largest absolute Gasteiger partial charge is 0.384 e. The topological polar surface area (TPSA) is 59.1 Å². The zero-order chi connectivity index (χ0) is 11.1. The molecule has 1 aliphatic rings. The number of nitrogens with zero attached hydrogens (tertiary/aromatic N) is 1. The van der Waals surface area contributed by atoms with Gasteiger partial charge in [0.1, 0.15) is 5.60 Å². The zero-order valence-electron chi connectivity index (χ0n) is 9.23. The second kappa shape index (κ2) is 3.76. The van der Waals surface area contributed by atoms with Crippen LogP contribution >= 0.6 is 11.3 Å². The molecule has 0 saturated heterocycles. The first-order chi connectivity index (χ1) is 7.02. The van der Waals surface area contributed by atoms with Gasteiger partial charge in [0, 0.05) is 6.20 Å². The summed E-state index contributed by atoms with van der Waals surface area (Å²) in [4.78, 5) is 4.96. The molecule has 0 bridgehead atoms. The summed E-state index contributed by atoms with van der Waals surface area (Å²) in [7, 11) is 0. The van der Waals surface area contributed by atoms with Crippen LogP contribution in [-0.2, 0) is 5.60 Å². The Bertz CT molecular complexity index is 352. The summed E-state index contributed by atoms with van der Waals surface area (Å²) in [6.45, 7) is 4.31. The van der Waals surface area contributed by atoms with Crippen molar-refractivity contribution in [2.24, 2.45) is 11.8 Å². The molecule has 1 aliphatic carbocycles. The summed E-state index contributed by atoms with van der Waals surface area (Å²) in [6, 6.07) is 0. The number of rotatable bonds is 1. The molecule has 0 radical (unpaired) electrons. The molecule has 1 saturated carbocycles. The molecule has 3 atom stereocenters. The van der Waals surface area contributed by atoms with Gasteiger partial charge in [0.25, 0.3) is 0 Å². The van der Waals surface area contributed by atoms with Gasteiger partial charge < -0.3 is 10.8 Å². The van der Waals surface area contributed by atoms with E-state index in [0.29, 0.717) is 17.0 Å². The molecule has 0 aliphatic heterocycles. The third-order valence-electron chi connectivity index (χ3n) is 3.52. The Morgan fingerprint density at radius 3 is 2.87 bits per heavy atom. The molecule has 15 heavy (non-hydrogen) atoms. The second-order valence-corrected chi connectivity index (χ2v) is 5.84. The predicted molar refractivity (Wildman–Crippen MR) is 62.6 cm³/mol. The maximum atomic E-state index is 10.7. The van der Waals surface area contributed by atoms with Crippen LogP contribution in [0, 0.1) is 11.8 Å². The first kappa shape index (κ1) is 10.9. The quantitative estimate of drug-likeness (QED) is 0.773. The highest BCUT2D eigenvalue weighted by molar-refractivity contribution is 7.15. The number of thiazole rings is 1. The van der Waals surface area contributed by atoms with Crippen molar-refractivity contribution >= 4 is 16.5 Å². The third-order valence-corrected chi connectivity index (χ3v) is 4.51. The lowest BCUT2D eigenvalue weighted by atomic mass is 9.71. The van der Waals surface area contributed by atoms with Crippen LogP contribution in [0.4, 0.5) is 5.13 Å². The summed E-state index contributed by atoms with van der Waals surface area (Å²) < 4.78 is 0. The van der Waals surface area contributed by atoms with E-state index >= 15 is 0 Å². The van der Waals surface area contributed by atoms with Crippen LogP contribution in [0.5, 0.6) is 0 Å². The van der Waals surface area contributed by atoms with Gasteiger partial charge in [-0.3, -0.25) is 0 Å². The fourth-order valence-corrected chi connectivity index (χ4v) is 3.34. The van der Waals surface area contributed by atoms with Gasteiger partial charge >= 0.3 is 0 Å². The molecule has 0 aromatic carbocycles. The molecule has 84 valence electrons. The summed E-state index contributed by atoms with van der Waals surface area (Å²) in [5.74, 6) is 0.878. The van der Waals surface area contributed by atoms with Gasteiger partial charge in [-0.05, 0) is 24.7 Å². The molecule has 0 amide bonds. The fraction of sp³-hybridized carbons (Fsp3) is 0.727. The minimum absolute atomic E-state index is 0.300. The van der Waals surface area contributed by atoms with Crippen LogP contribution < -0.4 is 5.73 Å². The monoisotopic (exact) mass is 226 g/mol. The standard InChI is InChI=1S/C11H18N2OS/c1-7-3-4-8(2)11(14,5-7)9-6-13-10(12)15-9/h6-8,14H,3-5H2,1-2H3,(H2,12,13). The van der Waals surface area contributed by atoms with E-state index in [4.69, 9.17) is 5.73 Å². The van der Waals surface area contributed by atoms with Gasteiger partial charge in [0.2, 0.25) is 0 Å². The molecule has 0 spiro atoms. The average molecular weight is 226 g/mol. The van der Waals surface area contributed by atoms with Crippen molar-refractivity contribution in [3.8, 4) is 0 Å². The highest BCUT2D eigenvalue weighted by Gasteiger charge is 2.41. The van der Waals surface area contributed by atoms with Gasteiger partial charge in [-0.15, -0.1) is 0 Å². The van der Waals surface area contributed by atoms with Crippen molar-refractivity contribution in [1.29, 1.82) is 0 Å². The lowest BCUT2D eigenvalue weighted by molar-refractivity contribution is -0.0598. The summed E-state index contributed by atoms with van der Waals surface area (Å²) in [5, 5.41) is 11.3. The number of anilines is 1. The Morgan fingerprint density at radius 1 is 1.53 bits per heavy atom. The Balaban J connectivity index is 2.30. The molecule has 1 fully saturated rings. The van der Waals surface area contributed by atoms with Crippen molar-refractivity contribution in [3.05, 3.63) is 11.1 Å². The number of hydrogen-bond acceptors (Lipinski definition) is 4. The molecular formula is C11H18N2OS. The highest BCUT2D eigenvalue weighted by Crippen LogP contribution is 2.45. The molecule has 2 rings (SSSR count). The summed E-state index contributed by atoms with van der Waals surface area (Å²) in [5.41, 5.74) is 4.92. The van der Waals surface area contributed by atoms with E-state index in [9.17, 15) is 5.11 Å². The number of nitrogens with two attached hydrogens (primary N) is 1. The van der Waals surface area contributed by atoms with Crippen LogP contribution in [0.15, 0.2) is 6.20 Å². The summed E-state index contributed by atoms with van der Waals surface area (Å²) >= 11 is 1.42. The van der Waals surface area contributed by atoms with Crippen molar-refractivity contribution in [2.45, 2.75) is 38.7 Å². The van der Waals surface area contributed by atoms with Crippen molar-refractivity contribution in [1.82, 2.24) is 4.98 Å². The average Bonchev–Trinajstić information content (AvgIpc) is 2.59. The van der Waals surface area contributed by atoms with Gasteiger partial charge in [-0.25, -0.2) is 4.98 Å². The van der Waals surface area contributed by atoms with Gasteiger partial charge in [-0.2, -0.15) is 0 Å². The lowest BCUT2D eigenvalue weighted by Crippen LogP contribution is -2.38. The molecular weight excluding hydrogens is 208 g/mol. The van der Waals surface area contributed by atoms with Gasteiger partial charge in [-0.1, -0.05) is 31.6 Å². The Kier molecular flexibility index (Phi) is 2.73. The molecule has 3 unspecified atom stereocenters.